The van der Waals surface area contributed by atoms with Crippen molar-refractivity contribution in [3.05, 3.63) is 47.1 Å². The Bertz CT molecular complexity index is 946. The average molecular weight is 401 g/mol. The molecule has 3 heterocycles. The third-order valence-corrected chi connectivity index (χ3v) is 4.68. The highest BCUT2D eigenvalue weighted by atomic mass is 35.5. The first-order valence-electron chi connectivity index (χ1n) is 9.06. The summed E-state index contributed by atoms with van der Waals surface area (Å²) in [4.78, 5) is 16.2. The van der Waals surface area contributed by atoms with Crippen LogP contribution in [0.15, 0.2) is 36.5 Å². The van der Waals surface area contributed by atoms with E-state index in [1.165, 1.54) is 0 Å². The number of hydrogen-bond acceptors (Lipinski definition) is 7. The largest absolute Gasteiger partial charge is 0.378 e. The van der Waals surface area contributed by atoms with Crippen LogP contribution in [0.4, 0.5) is 5.82 Å². The van der Waals surface area contributed by atoms with Crippen molar-refractivity contribution in [2.75, 3.05) is 45.1 Å². The smallest absolute Gasteiger partial charge is 0.162 e. The number of nitrogens with zero attached hydrogens (tertiary/aromatic N) is 4. The number of rotatable bonds is 6. The minimum Gasteiger partial charge on any atom is -0.378 e. The van der Waals surface area contributed by atoms with Crippen LogP contribution < -0.4 is 4.90 Å². The van der Waals surface area contributed by atoms with Crippen molar-refractivity contribution in [2.45, 2.75) is 6.61 Å². The van der Waals surface area contributed by atoms with Gasteiger partial charge in [0.1, 0.15) is 12.3 Å². The standard InChI is InChI=1S/C20H21ClN4O3/c1-26-13-28-12-14-2-4-15(5-3-14)19-23-17-10-16(21)11-22-18(17)20(24-19)25-6-8-27-9-7-25/h2-5,10-11H,6-9,12-13H2,1H3. The van der Waals surface area contributed by atoms with Crippen molar-refractivity contribution >= 4 is 28.5 Å². The first-order valence-corrected chi connectivity index (χ1v) is 9.44. The number of aromatic nitrogens is 3. The fourth-order valence-electron chi connectivity index (χ4n) is 3.10. The molecule has 1 aliphatic heterocycles. The van der Waals surface area contributed by atoms with E-state index in [0.717, 1.165) is 41.1 Å². The first-order chi connectivity index (χ1) is 13.7. The highest BCUT2D eigenvalue weighted by Crippen LogP contribution is 2.28. The molecular weight excluding hydrogens is 380 g/mol. The van der Waals surface area contributed by atoms with Crippen LogP contribution in [0.5, 0.6) is 0 Å². The number of benzene rings is 1. The molecule has 0 aliphatic carbocycles. The number of methoxy groups -OCH3 is 1. The van der Waals surface area contributed by atoms with Crippen molar-refractivity contribution in [1.29, 1.82) is 0 Å². The normalized spacial score (nSPS) is 14.6. The highest BCUT2D eigenvalue weighted by Gasteiger charge is 2.19. The summed E-state index contributed by atoms with van der Waals surface area (Å²) in [6.45, 7) is 3.64. The second-order valence-corrected chi connectivity index (χ2v) is 6.88. The van der Waals surface area contributed by atoms with Gasteiger partial charge in [0, 0.05) is 32.0 Å². The summed E-state index contributed by atoms with van der Waals surface area (Å²) in [7, 11) is 1.60. The predicted octanol–water partition coefficient (Wildman–Crippen LogP) is 3.30. The number of anilines is 1. The Labute approximate surface area is 168 Å². The van der Waals surface area contributed by atoms with Gasteiger partial charge < -0.3 is 19.1 Å². The van der Waals surface area contributed by atoms with Gasteiger partial charge in [0.15, 0.2) is 11.6 Å². The van der Waals surface area contributed by atoms with Crippen LogP contribution in [0.3, 0.4) is 0 Å². The molecule has 7 nitrogen and oxygen atoms in total. The lowest BCUT2D eigenvalue weighted by molar-refractivity contribution is -0.0390. The van der Waals surface area contributed by atoms with E-state index in [-0.39, 0.29) is 6.79 Å². The van der Waals surface area contributed by atoms with Crippen LogP contribution in [0.25, 0.3) is 22.4 Å². The van der Waals surface area contributed by atoms with Gasteiger partial charge in [-0.25, -0.2) is 15.0 Å². The Balaban J connectivity index is 1.70. The van der Waals surface area contributed by atoms with Gasteiger partial charge in [-0.3, -0.25) is 0 Å². The van der Waals surface area contributed by atoms with E-state index >= 15 is 0 Å². The molecule has 0 N–H and O–H groups in total. The summed E-state index contributed by atoms with van der Waals surface area (Å²) in [5.74, 6) is 1.45. The molecule has 0 atom stereocenters. The highest BCUT2D eigenvalue weighted by molar-refractivity contribution is 6.31. The molecular formula is C20H21ClN4O3. The van der Waals surface area contributed by atoms with E-state index in [4.69, 9.17) is 35.8 Å². The zero-order valence-corrected chi connectivity index (χ0v) is 16.4. The molecule has 4 rings (SSSR count). The summed E-state index contributed by atoms with van der Waals surface area (Å²) >= 11 is 6.16. The third kappa shape index (κ3) is 4.23. The zero-order chi connectivity index (χ0) is 19.3. The summed E-state index contributed by atoms with van der Waals surface area (Å²) in [6.07, 6.45) is 1.63. The van der Waals surface area contributed by atoms with Gasteiger partial charge >= 0.3 is 0 Å². The van der Waals surface area contributed by atoms with Gasteiger partial charge in [-0.05, 0) is 11.6 Å². The maximum Gasteiger partial charge on any atom is 0.162 e. The fourth-order valence-corrected chi connectivity index (χ4v) is 3.25. The van der Waals surface area contributed by atoms with Crippen molar-refractivity contribution in [3.8, 4) is 11.4 Å². The number of fused-ring (bicyclic) bond motifs is 1. The maximum absolute atomic E-state index is 6.16. The molecule has 0 bridgehead atoms. The number of halogens is 1. The quantitative estimate of drug-likeness (QED) is 0.464. The third-order valence-electron chi connectivity index (χ3n) is 4.48. The van der Waals surface area contributed by atoms with E-state index in [9.17, 15) is 0 Å². The number of morpholine rings is 1. The van der Waals surface area contributed by atoms with Crippen molar-refractivity contribution in [3.63, 3.8) is 0 Å². The fraction of sp³-hybridized carbons (Fsp3) is 0.350. The van der Waals surface area contributed by atoms with Crippen LogP contribution >= 0.6 is 11.6 Å². The Morgan fingerprint density at radius 1 is 1.14 bits per heavy atom. The summed E-state index contributed by atoms with van der Waals surface area (Å²) in [6, 6.07) is 9.82. The zero-order valence-electron chi connectivity index (χ0n) is 15.6. The molecule has 1 saturated heterocycles. The lowest BCUT2D eigenvalue weighted by Gasteiger charge is -2.28. The van der Waals surface area contributed by atoms with Crippen molar-refractivity contribution in [2.24, 2.45) is 0 Å². The topological polar surface area (TPSA) is 69.6 Å². The molecule has 0 saturated carbocycles. The molecule has 1 aromatic carbocycles. The van der Waals surface area contributed by atoms with Gasteiger partial charge in [-0.1, -0.05) is 35.9 Å². The molecule has 0 unspecified atom stereocenters. The monoisotopic (exact) mass is 400 g/mol. The molecule has 146 valence electrons. The summed E-state index contributed by atoms with van der Waals surface area (Å²) in [5, 5.41) is 0.552. The molecule has 28 heavy (non-hydrogen) atoms. The van der Waals surface area contributed by atoms with Gasteiger partial charge in [0.25, 0.3) is 0 Å². The Hall–Kier alpha value is -2.32. The first kappa shape index (κ1) is 19.0. The van der Waals surface area contributed by atoms with Crippen LogP contribution in [-0.4, -0.2) is 55.2 Å². The SMILES string of the molecule is COCOCc1ccc(-c2nc(N3CCOCC3)c3ncc(Cl)cc3n2)cc1. The second-order valence-electron chi connectivity index (χ2n) is 6.44. The van der Waals surface area contributed by atoms with E-state index < -0.39 is 0 Å². The van der Waals surface area contributed by atoms with Crippen LogP contribution in [-0.2, 0) is 20.8 Å². The van der Waals surface area contributed by atoms with Gasteiger partial charge in [0.05, 0.1) is 30.4 Å². The van der Waals surface area contributed by atoms with Crippen LogP contribution in [0.1, 0.15) is 5.56 Å². The Kier molecular flexibility index (Phi) is 5.97. The summed E-state index contributed by atoms with van der Waals surface area (Å²) < 4.78 is 15.8. The molecule has 8 heteroatoms. The lowest BCUT2D eigenvalue weighted by atomic mass is 10.1. The molecule has 0 amide bonds. The number of ether oxygens (including phenoxy) is 3. The predicted molar refractivity (Wildman–Crippen MR) is 107 cm³/mol. The van der Waals surface area contributed by atoms with Crippen molar-refractivity contribution < 1.29 is 14.2 Å². The van der Waals surface area contributed by atoms with Gasteiger partial charge in [-0.15, -0.1) is 0 Å². The van der Waals surface area contributed by atoms with Crippen molar-refractivity contribution in [1.82, 2.24) is 15.0 Å². The lowest BCUT2D eigenvalue weighted by Crippen LogP contribution is -2.37. The Morgan fingerprint density at radius 2 is 1.93 bits per heavy atom. The molecule has 1 fully saturated rings. The average Bonchev–Trinajstić information content (AvgIpc) is 2.74. The van der Waals surface area contributed by atoms with E-state index in [2.05, 4.69) is 9.88 Å². The molecule has 0 spiro atoms. The van der Waals surface area contributed by atoms with Gasteiger partial charge in [0.2, 0.25) is 0 Å². The maximum atomic E-state index is 6.16. The molecule has 1 aliphatic rings. The number of pyridine rings is 1. The number of hydrogen-bond donors (Lipinski definition) is 0. The Morgan fingerprint density at radius 3 is 2.68 bits per heavy atom. The minimum atomic E-state index is 0.270. The van der Waals surface area contributed by atoms with Crippen LogP contribution in [0.2, 0.25) is 5.02 Å². The van der Waals surface area contributed by atoms with E-state index in [1.54, 1.807) is 13.3 Å². The molecule has 0 radical (unpaired) electrons. The second kappa shape index (κ2) is 8.79. The molecule has 2 aromatic heterocycles. The van der Waals surface area contributed by atoms with Crippen LogP contribution in [0, 0.1) is 0 Å². The van der Waals surface area contributed by atoms with Gasteiger partial charge in [-0.2, -0.15) is 0 Å². The van der Waals surface area contributed by atoms with E-state index in [0.29, 0.717) is 30.7 Å². The summed E-state index contributed by atoms with van der Waals surface area (Å²) in [5.41, 5.74) is 3.46. The molecule has 3 aromatic rings. The minimum absolute atomic E-state index is 0.270. The van der Waals surface area contributed by atoms with E-state index in [1.807, 2.05) is 30.3 Å².